The third-order valence-corrected chi connectivity index (χ3v) is 6.08. The van der Waals surface area contributed by atoms with E-state index in [0.29, 0.717) is 0 Å². The minimum absolute atomic E-state index is 0.0676. The van der Waals surface area contributed by atoms with Crippen molar-refractivity contribution < 1.29 is 32.9 Å². The number of aromatic amines is 1. The Bertz CT molecular complexity index is 1150. The van der Waals surface area contributed by atoms with Crippen LogP contribution in [0, 0.1) is 0 Å². The number of aliphatic hydroxyl groups excluding tert-OH is 2. The molecule has 1 aliphatic heterocycles. The van der Waals surface area contributed by atoms with Gasteiger partial charge in [0.15, 0.2) is 12.3 Å². The van der Waals surface area contributed by atoms with E-state index < -0.39 is 58.5 Å². The normalized spacial score (nSPS) is 23.1. The fraction of sp³-hybridized carbons (Fsp3) is 0.389. The molecule has 0 bridgehead atoms. The molecule has 0 aliphatic carbocycles. The van der Waals surface area contributed by atoms with Crippen molar-refractivity contribution in [3.05, 3.63) is 63.4 Å². The van der Waals surface area contributed by atoms with Gasteiger partial charge in [0.1, 0.15) is 12.2 Å². The number of hydrogen-bond acceptors (Lipinski definition) is 9. The molecular weight excluding hydrogens is 448 g/mol. The molecule has 3 rings (SSSR count). The quantitative estimate of drug-likeness (QED) is 0.268. The van der Waals surface area contributed by atoms with Crippen LogP contribution in [0.25, 0.3) is 0 Å². The fourth-order valence-electron chi connectivity index (χ4n) is 3.05. The Hall–Kier alpha value is -3.04. The second-order valence-electron chi connectivity index (χ2n) is 6.76. The van der Waals surface area contributed by atoms with E-state index in [9.17, 15) is 33.0 Å². The number of carbonyl (C=O) groups is 1. The van der Waals surface area contributed by atoms with Crippen LogP contribution in [-0.2, 0) is 19.5 Å². The summed E-state index contributed by atoms with van der Waals surface area (Å²) in [7, 11) is -3.75. The molecule has 2 heterocycles. The van der Waals surface area contributed by atoms with Gasteiger partial charge >= 0.3 is 11.8 Å². The molecule has 4 atom stereocenters. The Morgan fingerprint density at radius 2 is 1.91 bits per heavy atom. The van der Waals surface area contributed by atoms with Crippen LogP contribution in [0.1, 0.15) is 6.23 Å². The number of carbonyl (C=O) groups excluding carboxylic acids is 1. The van der Waals surface area contributed by atoms with Gasteiger partial charge in [0, 0.05) is 25.4 Å². The summed E-state index contributed by atoms with van der Waals surface area (Å²) in [6.07, 6.45) is -5.23. The lowest BCUT2D eigenvalue weighted by molar-refractivity contribution is -0.0569. The smallest absolute Gasteiger partial charge is 0.407 e. The number of benzene rings is 1. The minimum atomic E-state index is -3.75. The largest absolute Gasteiger partial charge is 0.439 e. The predicted octanol–water partition coefficient (Wildman–Crippen LogP) is -2.14. The zero-order chi connectivity index (χ0) is 23.3. The molecule has 32 heavy (non-hydrogen) atoms. The topological polar surface area (TPSA) is 189 Å². The molecule has 14 heteroatoms. The van der Waals surface area contributed by atoms with Crippen molar-refractivity contribution in [3.8, 4) is 0 Å². The number of nitrogens with zero attached hydrogens (tertiary/aromatic N) is 1. The first-order valence-corrected chi connectivity index (χ1v) is 11.0. The van der Waals surface area contributed by atoms with E-state index in [1.165, 1.54) is 12.1 Å². The van der Waals surface area contributed by atoms with Gasteiger partial charge in [-0.05, 0) is 12.1 Å². The molecule has 2 aromatic rings. The van der Waals surface area contributed by atoms with Crippen LogP contribution in [0.5, 0.6) is 0 Å². The highest BCUT2D eigenvalue weighted by atomic mass is 32.2. The Labute approximate surface area is 181 Å². The number of nitrogens with one attached hydrogen (secondary N) is 3. The van der Waals surface area contributed by atoms with Crippen molar-refractivity contribution >= 4 is 16.1 Å². The van der Waals surface area contributed by atoms with Crippen molar-refractivity contribution in [2.45, 2.75) is 29.4 Å². The first kappa shape index (κ1) is 23.6. The summed E-state index contributed by atoms with van der Waals surface area (Å²) >= 11 is 0. The summed E-state index contributed by atoms with van der Waals surface area (Å²) in [5, 5.41) is 22.0. The number of alkyl carbamates (subject to hydrolysis) is 1. The van der Waals surface area contributed by atoms with Crippen LogP contribution in [-0.4, -0.2) is 72.3 Å². The molecule has 1 aromatic carbocycles. The summed E-state index contributed by atoms with van der Waals surface area (Å²) in [6, 6.07) is 8.70. The van der Waals surface area contributed by atoms with Crippen LogP contribution in [0.4, 0.5) is 4.79 Å². The molecule has 1 aliphatic rings. The van der Waals surface area contributed by atoms with Crippen molar-refractivity contribution in [1.82, 2.24) is 19.6 Å². The van der Waals surface area contributed by atoms with Crippen molar-refractivity contribution in [3.63, 3.8) is 0 Å². The summed E-state index contributed by atoms with van der Waals surface area (Å²) < 4.78 is 38.1. The van der Waals surface area contributed by atoms with E-state index in [0.717, 1.165) is 16.8 Å². The lowest BCUT2D eigenvalue weighted by Crippen LogP contribution is -2.43. The Morgan fingerprint density at radius 1 is 1.19 bits per heavy atom. The van der Waals surface area contributed by atoms with E-state index in [1.807, 2.05) is 4.98 Å². The molecule has 1 aromatic heterocycles. The lowest BCUT2D eigenvalue weighted by atomic mass is 10.1. The summed E-state index contributed by atoms with van der Waals surface area (Å²) in [4.78, 5) is 37.6. The molecule has 1 saturated heterocycles. The van der Waals surface area contributed by atoms with Crippen LogP contribution in [0.2, 0.25) is 0 Å². The molecule has 0 radical (unpaired) electrons. The second kappa shape index (κ2) is 10.1. The van der Waals surface area contributed by atoms with Gasteiger partial charge in [-0.3, -0.25) is 14.3 Å². The molecule has 13 nitrogen and oxygen atoms in total. The van der Waals surface area contributed by atoms with E-state index in [-0.39, 0.29) is 18.0 Å². The first-order chi connectivity index (χ1) is 15.2. The number of sulfonamides is 1. The Balaban J connectivity index is 1.59. The average molecular weight is 470 g/mol. The number of rotatable bonds is 8. The highest BCUT2D eigenvalue weighted by molar-refractivity contribution is 7.89. The number of amides is 1. The Kier molecular flexibility index (Phi) is 7.42. The number of ether oxygens (including phenoxy) is 2. The van der Waals surface area contributed by atoms with Crippen molar-refractivity contribution in [1.29, 1.82) is 0 Å². The van der Waals surface area contributed by atoms with Crippen molar-refractivity contribution in [2.24, 2.45) is 0 Å². The van der Waals surface area contributed by atoms with E-state index in [1.54, 1.807) is 18.2 Å². The van der Waals surface area contributed by atoms with Crippen LogP contribution >= 0.6 is 0 Å². The highest BCUT2D eigenvalue weighted by Gasteiger charge is 2.47. The number of aliphatic hydroxyl groups is 2. The van der Waals surface area contributed by atoms with Gasteiger partial charge in [-0.2, -0.15) is 0 Å². The standard InChI is InChI=1S/C18H22N4O9S/c23-10-12-14(25)15(16(30-12)22-9-6-13(24)21-17(22)26)31-18(27)19-7-8-20-32(28,29)11-4-2-1-3-5-11/h1-6,9,12,14-16,20,23,25H,7-8,10H2,(H,19,27)(H,21,24,26)/t12-,14?,15?,16-/m1/s1. The predicted molar refractivity (Wildman–Crippen MR) is 108 cm³/mol. The Morgan fingerprint density at radius 3 is 2.56 bits per heavy atom. The molecule has 1 amide bonds. The molecule has 2 unspecified atom stereocenters. The molecule has 0 saturated carbocycles. The van der Waals surface area contributed by atoms with Gasteiger partial charge in [-0.1, -0.05) is 18.2 Å². The molecule has 5 N–H and O–H groups in total. The lowest BCUT2D eigenvalue weighted by Gasteiger charge is -2.22. The maximum atomic E-state index is 12.2. The molecule has 174 valence electrons. The van der Waals surface area contributed by atoms with Crippen molar-refractivity contribution in [2.75, 3.05) is 19.7 Å². The average Bonchev–Trinajstić information content (AvgIpc) is 3.07. The van der Waals surface area contributed by atoms with E-state index in [2.05, 4.69) is 10.0 Å². The van der Waals surface area contributed by atoms with Crippen LogP contribution in [0.3, 0.4) is 0 Å². The fourth-order valence-corrected chi connectivity index (χ4v) is 4.10. The van der Waals surface area contributed by atoms with Gasteiger partial charge in [-0.15, -0.1) is 0 Å². The first-order valence-electron chi connectivity index (χ1n) is 9.48. The maximum absolute atomic E-state index is 12.2. The van der Waals surface area contributed by atoms with Gasteiger partial charge < -0.3 is 25.0 Å². The van der Waals surface area contributed by atoms with E-state index in [4.69, 9.17) is 9.47 Å². The second-order valence-corrected chi connectivity index (χ2v) is 8.53. The molecular formula is C18H22N4O9S. The summed E-state index contributed by atoms with van der Waals surface area (Å²) in [5.41, 5.74) is -1.52. The number of hydrogen-bond donors (Lipinski definition) is 5. The number of H-pyrrole nitrogens is 1. The van der Waals surface area contributed by atoms with Gasteiger partial charge in [0.2, 0.25) is 10.0 Å². The van der Waals surface area contributed by atoms with E-state index >= 15 is 0 Å². The third-order valence-electron chi connectivity index (χ3n) is 4.60. The van der Waals surface area contributed by atoms with Crippen LogP contribution < -0.4 is 21.3 Å². The van der Waals surface area contributed by atoms with Gasteiger partial charge in [0.05, 0.1) is 11.5 Å². The van der Waals surface area contributed by atoms with Crippen LogP contribution in [0.15, 0.2) is 57.1 Å². The zero-order valence-electron chi connectivity index (χ0n) is 16.6. The third kappa shape index (κ3) is 5.41. The SMILES string of the molecule is O=C(NCCNS(=O)(=O)c1ccccc1)OC1C(O)[C@@H](CO)O[C@H]1n1ccc(=O)[nH]c1=O. The maximum Gasteiger partial charge on any atom is 0.407 e. The minimum Gasteiger partial charge on any atom is -0.439 e. The summed E-state index contributed by atoms with van der Waals surface area (Å²) in [5.74, 6) is 0. The molecule has 0 spiro atoms. The monoisotopic (exact) mass is 470 g/mol. The van der Waals surface area contributed by atoms with Gasteiger partial charge in [-0.25, -0.2) is 22.7 Å². The van der Waals surface area contributed by atoms with Gasteiger partial charge in [0.25, 0.3) is 5.56 Å². The number of aromatic nitrogens is 2. The highest BCUT2D eigenvalue weighted by Crippen LogP contribution is 2.30. The summed E-state index contributed by atoms with van der Waals surface area (Å²) in [6.45, 7) is -0.891. The zero-order valence-corrected chi connectivity index (χ0v) is 17.4. The molecule has 1 fully saturated rings.